The summed E-state index contributed by atoms with van der Waals surface area (Å²) >= 11 is 0. The van der Waals surface area contributed by atoms with E-state index in [0.29, 0.717) is 5.56 Å². The van der Waals surface area contributed by atoms with Crippen molar-refractivity contribution in [2.45, 2.75) is 36.9 Å². The third kappa shape index (κ3) is 6.22. The molecule has 0 bridgehead atoms. The lowest BCUT2D eigenvalue weighted by Gasteiger charge is -2.09. The van der Waals surface area contributed by atoms with Crippen LogP contribution >= 0.6 is 0 Å². The van der Waals surface area contributed by atoms with Crippen LogP contribution in [-0.2, 0) is 21.0 Å². The average Bonchev–Trinajstić information content (AvgIpc) is 3.45. The number of halogens is 3. The molecule has 1 fully saturated rings. The smallest absolute Gasteiger partial charge is 0.435 e. The monoisotopic (exact) mass is 496 g/mol. The van der Waals surface area contributed by atoms with E-state index in [9.17, 15) is 26.4 Å². The summed E-state index contributed by atoms with van der Waals surface area (Å²) in [5.74, 6) is -0.720. The van der Waals surface area contributed by atoms with E-state index in [0.717, 1.165) is 35.7 Å². The summed E-state index contributed by atoms with van der Waals surface area (Å²) in [7, 11) is -3.90. The number of nitrogens with zero attached hydrogens (tertiary/aromatic N) is 2. The Bertz CT molecular complexity index is 1250. The molecule has 1 saturated heterocycles. The van der Waals surface area contributed by atoms with Gasteiger partial charge in [0.15, 0.2) is 5.69 Å². The third-order valence-electron chi connectivity index (χ3n) is 5.12. The van der Waals surface area contributed by atoms with Crippen LogP contribution in [0.15, 0.2) is 59.5 Å². The summed E-state index contributed by atoms with van der Waals surface area (Å²) in [5, 5.41) is 19.9. The average molecular weight is 497 g/mol. The highest BCUT2D eigenvalue weighted by atomic mass is 32.2. The van der Waals surface area contributed by atoms with Crippen LogP contribution in [0.5, 0.6) is 0 Å². The van der Waals surface area contributed by atoms with E-state index in [-0.39, 0.29) is 22.3 Å². The normalized spacial score (nSPS) is 16.1. The van der Waals surface area contributed by atoms with Crippen molar-refractivity contribution >= 4 is 16.0 Å². The summed E-state index contributed by atoms with van der Waals surface area (Å²) in [6, 6.07) is 12.8. The van der Waals surface area contributed by atoms with E-state index in [4.69, 9.17) is 10.2 Å². The lowest BCUT2D eigenvalue weighted by atomic mass is 10.1. The lowest BCUT2D eigenvalue weighted by Crippen LogP contribution is -2.29. The minimum atomic E-state index is -4.61. The predicted octanol–water partition coefficient (Wildman–Crippen LogP) is 3.34. The number of primary sulfonamides is 1. The molecule has 12 heteroatoms. The number of hydrogen-bond donors (Lipinski definition) is 3. The van der Waals surface area contributed by atoms with Gasteiger partial charge in [-0.1, -0.05) is 29.8 Å². The van der Waals surface area contributed by atoms with Crippen LogP contribution in [0.4, 0.5) is 13.2 Å². The van der Waals surface area contributed by atoms with Crippen LogP contribution in [0.1, 0.15) is 24.1 Å². The van der Waals surface area contributed by atoms with Crippen LogP contribution in [-0.4, -0.2) is 41.9 Å². The fourth-order valence-electron chi connectivity index (χ4n) is 3.32. The highest BCUT2D eigenvalue weighted by molar-refractivity contribution is 7.89. The minimum absolute atomic E-state index is 0.138. The second-order valence-electron chi connectivity index (χ2n) is 7.72. The number of nitrogens with two attached hydrogens (primary N) is 1. The van der Waals surface area contributed by atoms with Gasteiger partial charge in [-0.15, -0.1) is 0 Å². The second-order valence-corrected chi connectivity index (χ2v) is 9.28. The van der Waals surface area contributed by atoms with Crippen molar-refractivity contribution < 1.29 is 31.5 Å². The molecule has 2 aromatic carbocycles. The number of sulfonamides is 1. The zero-order chi connectivity index (χ0) is 25.1. The van der Waals surface area contributed by atoms with Gasteiger partial charge in [-0.05, 0) is 56.6 Å². The third-order valence-corrected chi connectivity index (χ3v) is 6.04. The Morgan fingerprint density at radius 1 is 1.15 bits per heavy atom. The number of carboxylic acid groups (broad SMARTS) is 1. The van der Waals surface area contributed by atoms with Crippen molar-refractivity contribution in [3.05, 3.63) is 65.9 Å². The van der Waals surface area contributed by atoms with Crippen molar-refractivity contribution in [1.82, 2.24) is 15.1 Å². The zero-order valence-electron chi connectivity index (χ0n) is 18.1. The van der Waals surface area contributed by atoms with Crippen molar-refractivity contribution in [3.8, 4) is 16.9 Å². The van der Waals surface area contributed by atoms with E-state index < -0.39 is 27.9 Å². The number of aryl methyl sites for hydroxylation is 1. The van der Waals surface area contributed by atoms with Gasteiger partial charge in [0, 0.05) is 5.56 Å². The van der Waals surface area contributed by atoms with Crippen LogP contribution in [0.25, 0.3) is 16.9 Å². The van der Waals surface area contributed by atoms with E-state index in [1.807, 2.05) is 6.92 Å². The predicted molar refractivity (Wildman–Crippen MR) is 119 cm³/mol. The van der Waals surface area contributed by atoms with Gasteiger partial charge < -0.3 is 10.4 Å². The molecular weight excluding hydrogens is 473 g/mol. The maximum absolute atomic E-state index is 13.1. The molecule has 2 heterocycles. The largest absolute Gasteiger partial charge is 0.480 e. The number of nitrogens with one attached hydrogen (secondary N) is 1. The molecule has 182 valence electrons. The zero-order valence-corrected chi connectivity index (χ0v) is 18.9. The van der Waals surface area contributed by atoms with Gasteiger partial charge in [0.2, 0.25) is 10.0 Å². The van der Waals surface area contributed by atoms with Gasteiger partial charge in [0.25, 0.3) is 0 Å². The molecule has 3 aromatic rings. The lowest BCUT2D eigenvalue weighted by molar-refractivity contribution is -0.141. The van der Waals surface area contributed by atoms with E-state index in [1.165, 1.54) is 24.3 Å². The molecule has 1 aliphatic rings. The Kier molecular flexibility index (Phi) is 7.44. The van der Waals surface area contributed by atoms with Crippen molar-refractivity contribution in [2.75, 3.05) is 6.54 Å². The van der Waals surface area contributed by atoms with Crippen molar-refractivity contribution in [3.63, 3.8) is 0 Å². The van der Waals surface area contributed by atoms with Crippen LogP contribution < -0.4 is 10.5 Å². The molecule has 1 aromatic heterocycles. The number of rotatable bonds is 4. The molecular formula is C22H23F3N4O4S. The number of aromatic nitrogens is 2. The number of alkyl halides is 3. The Hall–Kier alpha value is -3.22. The van der Waals surface area contributed by atoms with Gasteiger partial charge in [-0.2, -0.15) is 18.3 Å². The van der Waals surface area contributed by atoms with E-state index in [1.54, 1.807) is 24.3 Å². The van der Waals surface area contributed by atoms with E-state index >= 15 is 0 Å². The Balaban J connectivity index is 0.000000343. The molecule has 0 radical (unpaired) electrons. The number of carbonyl (C=O) groups is 1. The summed E-state index contributed by atoms with van der Waals surface area (Å²) in [5.41, 5.74) is 0.996. The fraction of sp³-hybridized carbons (Fsp3) is 0.273. The highest BCUT2D eigenvalue weighted by Crippen LogP contribution is 2.33. The summed E-state index contributed by atoms with van der Waals surface area (Å²) < 4.78 is 63.2. The van der Waals surface area contributed by atoms with Gasteiger partial charge in [-0.25, -0.2) is 18.2 Å². The maximum atomic E-state index is 13.1. The van der Waals surface area contributed by atoms with Crippen molar-refractivity contribution in [2.24, 2.45) is 5.14 Å². The first-order valence-corrected chi connectivity index (χ1v) is 11.7. The van der Waals surface area contributed by atoms with Gasteiger partial charge >= 0.3 is 12.1 Å². The Morgan fingerprint density at radius 3 is 2.21 bits per heavy atom. The molecule has 34 heavy (non-hydrogen) atoms. The van der Waals surface area contributed by atoms with E-state index in [2.05, 4.69) is 10.4 Å². The summed E-state index contributed by atoms with van der Waals surface area (Å²) in [6.07, 6.45) is -2.82. The second kappa shape index (κ2) is 9.95. The number of benzene rings is 2. The molecule has 0 saturated carbocycles. The van der Waals surface area contributed by atoms with Crippen molar-refractivity contribution in [1.29, 1.82) is 0 Å². The molecule has 0 aliphatic carbocycles. The molecule has 4 rings (SSSR count). The first-order chi connectivity index (χ1) is 15.9. The summed E-state index contributed by atoms with van der Waals surface area (Å²) in [4.78, 5) is 10.0. The maximum Gasteiger partial charge on any atom is 0.435 e. The first-order valence-electron chi connectivity index (χ1n) is 10.2. The van der Waals surface area contributed by atoms with Gasteiger partial charge in [0.1, 0.15) is 6.04 Å². The fourth-order valence-corrected chi connectivity index (χ4v) is 3.83. The quantitative estimate of drug-likeness (QED) is 0.509. The summed E-state index contributed by atoms with van der Waals surface area (Å²) in [6.45, 7) is 2.73. The van der Waals surface area contributed by atoms with Gasteiger partial charge in [0.05, 0.1) is 16.3 Å². The van der Waals surface area contributed by atoms with Crippen LogP contribution in [0, 0.1) is 6.92 Å². The molecule has 4 N–H and O–H groups in total. The minimum Gasteiger partial charge on any atom is -0.480 e. The van der Waals surface area contributed by atoms with Crippen LogP contribution in [0.3, 0.4) is 0 Å². The van der Waals surface area contributed by atoms with Crippen LogP contribution in [0.2, 0.25) is 0 Å². The Labute approximate surface area is 194 Å². The topological polar surface area (TPSA) is 127 Å². The molecule has 8 nitrogen and oxygen atoms in total. The molecule has 0 spiro atoms. The van der Waals surface area contributed by atoms with Gasteiger partial charge in [-0.3, -0.25) is 4.79 Å². The molecule has 0 unspecified atom stereocenters. The number of hydrogen-bond acceptors (Lipinski definition) is 5. The SMILES string of the molecule is Cc1ccc(-c2cc(C(F)(F)F)nn2-c2ccc(S(N)(=O)=O)cc2)cc1.O=C(O)[C@@H]1CCCN1. The number of aliphatic carboxylic acids is 1. The molecule has 1 aliphatic heterocycles. The Morgan fingerprint density at radius 2 is 1.76 bits per heavy atom. The highest BCUT2D eigenvalue weighted by Gasteiger charge is 2.35. The number of carboxylic acids is 1. The molecule has 0 amide bonds. The standard InChI is InChI=1S/C17H14F3N3O2S.C5H9NO2/c1-11-2-4-12(5-3-11)15-10-16(17(18,19)20)22-23(15)13-6-8-14(9-7-13)26(21,24)25;7-5(8)4-2-1-3-6-4/h2-10H,1H3,(H2,21,24,25);4,6H,1-3H2,(H,7,8)/t;4-/m.0/s1. The molecule has 1 atom stereocenters. The first kappa shape index (κ1) is 25.4.